The Kier molecular flexibility index (Phi) is 1.96. The second-order valence-corrected chi connectivity index (χ2v) is 4.37. The zero-order valence-corrected chi connectivity index (χ0v) is 9.05. The van der Waals surface area contributed by atoms with Crippen LogP contribution in [0.1, 0.15) is 25.0 Å². The zero-order chi connectivity index (χ0) is 11.1. The minimum absolute atomic E-state index is 0.460. The van der Waals surface area contributed by atoms with Gasteiger partial charge in [0.05, 0.1) is 5.56 Å². The smallest absolute Gasteiger partial charge is 0.175 e. The molecule has 0 spiro atoms. The zero-order valence-electron chi connectivity index (χ0n) is 9.05. The highest BCUT2D eigenvalue weighted by Gasteiger charge is 2.40. The lowest BCUT2D eigenvalue weighted by Gasteiger charge is -2.00. The Morgan fingerprint density at radius 1 is 1.50 bits per heavy atom. The Balaban J connectivity index is 2.09. The van der Waals surface area contributed by atoms with Gasteiger partial charge < -0.3 is 10.3 Å². The van der Waals surface area contributed by atoms with Gasteiger partial charge in [0.2, 0.25) is 0 Å². The number of nitrogens with two attached hydrogens (primary N) is 1. The molecule has 82 valence electrons. The average Bonchev–Trinajstić information content (AvgIpc) is 2.89. The first kappa shape index (κ1) is 9.39. The summed E-state index contributed by atoms with van der Waals surface area (Å²) in [6.07, 6.45) is 4.69. The third-order valence-electron chi connectivity index (χ3n) is 3.14. The number of hydrogen-bond donors (Lipinski definition) is 1. The van der Waals surface area contributed by atoms with E-state index in [1.807, 2.05) is 12.1 Å². The summed E-state index contributed by atoms with van der Waals surface area (Å²) in [5.74, 6) is 2.52. The summed E-state index contributed by atoms with van der Waals surface area (Å²) in [5.41, 5.74) is 7.75. The van der Waals surface area contributed by atoms with Crippen molar-refractivity contribution in [1.82, 2.24) is 10.1 Å². The van der Waals surface area contributed by atoms with Crippen molar-refractivity contribution in [2.75, 3.05) is 5.73 Å². The number of nitrogen functional groups attached to an aromatic ring is 1. The number of nitrogens with zero attached hydrogens (tertiary/aromatic N) is 2. The molecule has 0 aliphatic heterocycles. The summed E-state index contributed by atoms with van der Waals surface area (Å²) < 4.78 is 5.34. The Hall–Kier alpha value is -1.84. The van der Waals surface area contributed by atoms with Crippen LogP contribution in [0.5, 0.6) is 0 Å². The van der Waals surface area contributed by atoms with Gasteiger partial charge in [-0.25, -0.2) is 0 Å². The highest BCUT2D eigenvalue weighted by atomic mass is 16.5. The van der Waals surface area contributed by atoms with E-state index in [4.69, 9.17) is 10.3 Å². The van der Waals surface area contributed by atoms with E-state index in [-0.39, 0.29) is 0 Å². The molecule has 2 aromatic rings. The van der Waals surface area contributed by atoms with Gasteiger partial charge in [-0.05, 0) is 18.4 Å². The van der Waals surface area contributed by atoms with Crippen LogP contribution >= 0.6 is 0 Å². The van der Waals surface area contributed by atoms with Gasteiger partial charge in [0.25, 0.3) is 0 Å². The second kappa shape index (κ2) is 3.33. The van der Waals surface area contributed by atoms with Crippen LogP contribution < -0.4 is 5.73 Å². The molecule has 0 radical (unpaired) electrons. The Labute approximate surface area is 93.5 Å². The lowest BCUT2D eigenvalue weighted by atomic mass is 10.1. The maximum Gasteiger partial charge on any atom is 0.175 e. The van der Waals surface area contributed by atoms with Crippen LogP contribution in [0.15, 0.2) is 29.0 Å². The molecule has 0 bridgehead atoms. The molecule has 4 nitrogen and oxygen atoms in total. The van der Waals surface area contributed by atoms with E-state index < -0.39 is 0 Å². The second-order valence-electron chi connectivity index (χ2n) is 4.37. The third kappa shape index (κ3) is 1.38. The van der Waals surface area contributed by atoms with E-state index >= 15 is 0 Å². The number of pyridine rings is 1. The van der Waals surface area contributed by atoms with Crippen LogP contribution in [0.3, 0.4) is 0 Å². The number of aromatic nitrogens is 2. The fourth-order valence-corrected chi connectivity index (χ4v) is 2.06. The maximum absolute atomic E-state index is 5.85. The monoisotopic (exact) mass is 215 g/mol. The molecule has 0 amide bonds. The van der Waals surface area contributed by atoms with Gasteiger partial charge in [0.15, 0.2) is 5.82 Å². The first-order valence-corrected chi connectivity index (χ1v) is 5.43. The Morgan fingerprint density at radius 3 is 2.94 bits per heavy atom. The lowest BCUT2D eigenvalue weighted by Crippen LogP contribution is -1.90. The quantitative estimate of drug-likeness (QED) is 0.835. The molecule has 1 aliphatic carbocycles. The van der Waals surface area contributed by atoms with E-state index in [9.17, 15) is 0 Å². The molecule has 3 rings (SSSR count). The molecule has 2 heterocycles. The van der Waals surface area contributed by atoms with Crippen LogP contribution in [-0.2, 0) is 0 Å². The Morgan fingerprint density at radius 2 is 2.31 bits per heavy atom. The van der Waals surface area contributed by atoms with Crippen molar-refractivity contribution in [2.45, 2.75) is 19.3 Å². The van der Waals surface area contributed by atoms with Crippen molar-refractivity contribution in [3.8, 4) is 11.1 Å². The Bertz CT molecular complexity index is 506. The average molecular weight is 215 g/mol. The summed E-state index contributed by atoms with van der Waals surface area (Å²) in [7, 11) is 0. The molecule has 0 aromatic carbocycles. The molecule has 0 saturated heterocycles. The SMILES string of the molecule is CC1CC1c1onc(N)c1-c1cccnc1. The van der Waals surface area contributed by atoms with Crippen molar-refractivity contribution in [2.24, 2.45) is 5.92 Å². The summed E-state index contributed by atoms with van der Waals surface area (Å²) >= 11 is 0. The van der Waals surface area contributed by atoms with Gasteiger partial charge in [-0.15, -0.1) is 0 Å². The molecule has 1 fully saturated rings. The van der Waals surface area contributed by atoms with Crippen molar-refractivity contribution < 1.29 is 4.52 Å². The molecule has 2 aromatic heterocycles. The van der Waals surface area contributed by atoms with E-state index in [0.717, 1.165) is 23.3 Å². The predicted molar refractivity (Wildman–Crippen MR) is 60.7 cm³/mol. The summed E-state index contributed by atoms with van der Waals surface area (Å²) in [4.78, 5) is 4.10. The number of hydrogen-bond acceptors (Lipinski definition) is 4. The van der Waals surface area contributed by atoms with Crippen LogP contribution in [-0.4, -0.2) is 10.1 Å². The summed E-state index contributed by atoms with van der Waals surface area (Å²) in [6, 6.07) is 3.87. The predicted octanol–water partition coefficient (Wildman–Crippen LogP) is 2.44. The van der Waals surface area contributed by atoms with Crippen molar-refractivity contribution in [3.05, 3.63) is 30.3 Å². The van der Waals surface area contributed by atoms with E-state index in [0.29, 0.717) is 17.7 Å². The van der Waals surface area contributed by atoms with Gasteiger partial charge in [0, 0.05) is 23.9 Å². The van der Waals surface area contributed by atoms with Crippen LogP contribution in [0.25, 0.3) is 11.1 Å². The minimum atomic E-state index is 0.460. The number of anilines is 1. The molecular formula is C12H13N3O. The molecule has 4 heteroatoms. The summed E-state index contributed by atoms with van der Waals surface area (Å²) in [6.45, 7) is 2.20. The molecule has 2 N–H and O–H groups in total. The van der Waals surface area contributed by atoms with Gasteiger partial charge in [0.1, 0.15) is 5.76 Å². The standard InChI is InChI=1S/C12H13N3O/c1-7-5-9(7)11-10(12(13)15-16-11)8-3-2-4-14-6-8/h2-4,6-7,9H,5H2,1H3,(H2,13,15). The van der Waals surface area contributed by atoms with Crippen molar-refractivity contribution in [3.63, 3.8) is 0 Å². The van der Waals surface area contributed by atoms with E-state index in [2.05, 4.69) is 17.1 Å². The molecular weight excluding hydrogens is 202 g/mol. The number of rotatable bonds is 2. The third-order valence-corrected chi connectivity index (χ3v) is 3.14. The fraction of sp³-hybridized carbons (Fsp3) is 0.333. The van der Waals surface area contributed by atoms with Gasteiger partial charge in [-0.2, -0.15) is 0 Å². The molecule has 2 atom stereocenters. The van der Waals surface area contributed by atoms with Crippen LogP contribution in [0, 0.1) is 5.92 Å². The topological polar surface area (TPSA) is 64.9 Å². The van der Waals surface area contributed by atoms with E-state index in [1.165, 1.54) is 0 Å². The maximum atomic E-state index is 5.85. The highest BCUT2D eigenvalue weighted by Crippen LogP contribution is 2.50. The first-order chi connectivity index (χ1) is 7.77. The normalized spacial score (nSPS) is 23.3. The lowest BCUT2D eigenvalue weighted by molar-refractivity contribution is 0.384. The van der Waals surface area contributed by atoms with Gasteiger partial charge in [-0.3, -0.25) is 4.98 Å². The summed E-state index contributed by atoms with van der Waals surface area (Å²) in [5, 5.41) is 3.86. The minimum Gasteiger partial charge on any atom is -0.380 e. The largest absolute Gasteiger partial charge is 0.380 e. The van der Waals surface area contributed by atoms with Gasteiger partial charge in [-0.1, -0.05) is 18.1 Å². The first-order valence-electron chi connectivity index (χ1n) is 5.43. The van der Waals surface area contributed by atoms with Crippen LogP contribution in [0.2, 0.25) is 0 Å². The molecule has 1 aliphatic rings. The fourth-order valence-electron chi connectivity index (χ4n) is 2.06. The van der Waals surface area contributed by atoms with Crippen LogP contribution in [0.4, 0.5) is 5.82 Å². The van der Waals surface area contributed by atoms with E-state index in [1.54, 1.807) is 12.4 Å². The molecule has 2 unspecified atom stereocenters. The van der Waals surface area contributed by atoms with Gasteiger partial charge >= 0.3 is 0 Å². The highest BCUT2D eigenvalue weighted by molar-refractivity contribution is 5.75. The van der Waals surface area contributed by atoms with Crippen molar-refractivity contribution >= 4 is 5.82 Å². The molecule has 16 heavy (non-hydrogen) atoms. The molecule has 1 saturated carbocycles. The van der Waals surface area contributed by atoms with Crippen molar-refractivity contribution in [1.29, 1.82) is 0 Å².